The molecule has 0 aromatic heterocycles. The van der Waals surface area contributed by atoms with Crippen LogP contribution in [0.1, 0.15) is 24.8 Å². The van der Waals surface area contributed by atoms with Crippen molar-refractivity contribution in [3.63, 3.8) is 0 Å². The molecule has 0 N–H and O–H groups in total. The SMILES string of the molecule is COCC1(C(=O)N(C)Cc2ccc(OC)c3ccccc23)CCC1. The van der Waals surface area contributed by atoms with Gasteiger partial charge in [0.05, 0.1) is 19.1 Å². The van der Waals surface area contributed by atoms with E-state index in [0.717, 1.165) is 41.3 Å². The van der Waals surface area contributed by atoms with Crippen molar-refractivity contribution in [2.75, 3.05) is 27.9 Å². The normalized spacial score (nSPS) is 15.8. The summed E-state index contributed by atoms with van der Waals surface area (Å²) in [6.07, 6.45) is 2.95. The van der Waals surface area contributed by atoms with Crippen LogP contribution in [0, 0.1) is 5.41 Å². The molecule has 2 aromatic carbocycles. The maximum atomic E-state index is 12.9. The van der Waals surface area contributed by atoms with Gasteiger partial charge in [-0.15, -0.1) is 0 Å². The van der Waals surface area contributed by atoms with Gasteiger partial charge in [0.2, 0.25) is 5.91 Å². The Morgan fingerprint density at radius 3 is 2.42 bits per heavy atom. The zero-order valence-corrected chi connectivity index (χ0v) is 14.7. The number of fused-ring (bicyclic) bond motifs is 1. The van der Waals surface area contributed by atoms with Gasteiger partial charge in [0.1, 0.15) is 5.75 Å². The number of nitrogens with zero attached hydrogens (tertiary/aromatic N) is 1. The van der Waals surface area contributed by atoms with E-state index in [2.05, 4.69) is 18.2 Å². The fourth-order valence-corrected chi connectivity index (χ4v) is 3.68. The van der Waals surface area contributed by atoms with Crippen molar-refractivity contribution in [3.05, 3.63) is 42.0 Å². The van der Waals surface area contributed by atoms with Crippen LogP contribution in [-0.2, 0) is 16.1 Å². The lowest BCUT2D eigenvalue weighted by molar-refractivity contribution is -0.151. The van der Waals surface area contributed by atoms with Crippen molar-refractivity contribution in [1.29, 1.82) is 0 Å². The van der Waals surface area contributed by atoms with E-state index in [1.807, 2.05) is 30.1 Å². The van der Waals surface area contributed by atoms with Gasteiger partial charge in [-0.3, -0.25) is 4.79 Å². The number of hydrogen-bond acceptors (Lipinski definition) is 3. The highest BCUT2D eigenvalue weighted by atomic mass is 16.5. The van der Waals surface area contributed by atoms with Crippen LogP contribution in [0.5, 0.6) is 5.75 Å². The first-order chi connectivity index (χ1) is 11.6. The Morgan fingerprint density at radius 1 is 1.12 bits per heavy atom. The first kappa shape index (κ1) is 16.8. The average Bonchev–Trinajstić information content (AvgIpc) is 2.57. The van der Waals surface area contributed by atoms with Crippen molar-refractivity contribution in [3.8, 4) is 5.75 Å². The largest absolute Gasteiger partial charge is 0.496 e. The van der Waals surface area contributed by atoms with E-state index in [1.165, 1.54) is 0 Å². The van der Waals surface area contributed by atoms with Crippen molar-refractivity contribution in [1.82, 2.24) is 4.90 Å². The van der Waals surface area contributed by atoms with Crippen LogP contribution in [0.3, 0.4) is 0 Å². The van der Waals surface area contributed by atoms with E-state index in [9.17, 15) is 4.79 Å². The molecule has 0 spiro atoms. The van der Waals surface area contributed by atoms with Crippen LogP contribution in [0.25, 0.3) is 10.8 Å². The van der Waals surface area contributed by atoms with Crippen LogP contribution in [0.2, 0.25) is 0 Å². The zero-order valence-electron chi connectivity index (χ0n) is 14.7. The molecule has 0 aliphatic heterocycles. The van der Waals surface area contributed by atoms with Gasteiger partial charge in [-0.2, -0.15) is 0 Å². The van der Waals surface area contributed by atoms with E-state index in [1.54, 1.807) is 14.2 Å². The Labute approximate surface area is 143 Å². The highest BCUT2D eigenvalue weighted by Gasteiger charge is 2.45. The number of hydrogen-bond donors (Lipinski definition) is 0. The molecule has 0 atom stereocenters. The first-order valence-electron chi connectivity index (χ1n) is 8.40. The summed E-state index contributed by atoms with van der Waals surface area (Å²) in [4.78, 5) is 14.8. The first-order valence-corrected chi connectivity index (χ1v) is 8.40. The van der Waals surface area contributed by atoms with Crippen LogP contribution >= 0.6 is 0 Å². The van der Waals surface area contributed by atoms with Crippen LogP contribution in [0.4, 0.5) is 0 Å². The Morgan fingerprint density at radius 2 is 1.83 bits per heavy atom. The number of carbonyl (C=O) groups is 1. The van der Waals surface area contributed by atoms with E-state index < -0.39 is 0 Å². The smallest absolute Gasteiger partial charge is 0.231 e. The monoisotopic (exact) mass is 327 g/mol. The molecule has 1 aliphatic rings. The Balaban J connectivity index is 1.86. The van der Waals surface area contributed by atoms with Crippen molar-refractivity contribution in [2.45, 2.75) is 25.8 Å². The minimum atomic E-state index is -0.314. The summed E-state index contributed by atoms with van der Waals surface area (Å²) in [5.41, 5.74) is 0.820. The second-order valence-electron chi connectivity index (χ2n) is 6.70. The number of rotatable bonds is 6. The maximum absolute atomic E-state index is 12.9. The number of amides is 1. The fraction of sp³-hybridized carbons (Fsp3) is 0.450. The summed E-state index contributed by atoms with van der Waals surface area (Å²) in [6.45, 7) is 1.11. The Bertz CT molecular complexity index is 737. The molecular formula is C20H25NO3. The summed E-state index contributed by atoms with van der Waals surface area (Å²) in [7, 11) is 5.24. The molecule has 4 nitrogen and oxygen atoms in total. The molecule has 0 radical (unpaired) electrons. The third-order valence-corrected chi connectivity index (χ3v) is 5.13. The molecule has 128 valence electrons. The lowest BCUT2D eigenvalue weighted by atomic mass is 9.68. The fourth-order valence-electron chi connectivity index (χ4n) is 3.68. The van der Waals surface area contributed by atoms with E-state index in [-0.39, 0.29) is 11.3 Å². The number of benzene rings is 2. The van der Waals surface area contributed by atoms with Gasteiger partial charge in [-0.05, 0) is 29.9 Å². The van der Waals surface area contributed by atoms with Gasteiger partial charge < -0.3 is 14.4 Å². The molecule has 24 heavy (non-hydrogen) atoms. The quantitative estimate of drug-likeness (QED) is 0.813. The predicted octanol–water partition coefficient (Wildman–Crippen LogP) is 3.62. The van der Waals surface area contributed by atoms with E-state index in [4.69, 9.17) is 9.47 Å². The van der Waals surface area contributed by atoms with Gasteiger partial charge in [-0.1, -0.05) is 36.8 Å². The summed E-state index contributed by atoms with van der Waals surface area (Å²) >= 11 is 0. The third kappa shape index (κ3) is 2.86. The molecular weight excluding hydrogens is 302 g/mol. The standard InChI is InChI=1S/C20H25NO3/c1-21(19(22)20(14-23-2)11-6-12-20)13-15-9-10-18(24-3)17-8-5-4-7-16(15)17/h4-5,7-10H,6,11-14H2,1-3H3. The van der Waals surface area contributed by atoms with Gasteiger partial charge in [0.15, 0.2) is 0 Å². The topological polar surface area (TPSA) is 38.8 Å². The number of carbonyl (C=O) groups excluding carboxylic acids is 1. The van der Waals surface area contributed by atoms with Crippen LogP contribution in [0.15, 0.2) is 36.4 Å². The molecule has 1 fully saturated rings. The molecule has 0 saturated heterocycles. The highest BCUT2D eigenvalue weighted by molar-refractivity contribution is 5.91. The molecule has 2 aromatic rings. The second kappa shape index (κ2) is 6.81. The number of methoxy groups -OCH3 is 2. The summed E-state index contributed by atoms with van der Waals surface area (Å²) < 4.78 is 10.8. The van der Waals surface area contributed by atoms with Crippen molar-refractivity contribution < 1.29 is 14.3 Å². The van der Waals surface area contributed by atoms with Gasteiger partial charge in [-0.25, -0.2) is 0 Å². The lowest BCUT2D eigenvalue weighted by Crippen LogP contribution is -2.48. The van der Waals surface area contributed by atoms with Crippen molar-refractivity contribution >= 4 is 16.7 Å². The lowest BCUT2D eigenvalue weighted by Gasteiger charge is -2.42. The molecule has 0 bridgehead atoms. The van der Waals surface area contributed by atoms with Gasteiger partial charge in [0.25, 0.3) is 0 Å². The molecule has 1 saturated carbocycles. The number of ether oxygens (including phenoxy) is 2. The molecule has 0 heterocycles. The minimum Gasteiger partial charge on any atom is -0.496 e. The van der Waals surface area contributed by atoms with E-state index in [0.29, 0.717) is 13.2 Å². The summed E-state index contributed by atoms with van der Waals surface area (Å²) in [6, 6.07) is 12.2. The van der Waals surface area contributed by atoms with Crippen LogP contribution in [-0.4, -0.2) is 38.7 Å². The predicted molar refractivity (Wildman–Crippen MR) is 95.1 cm³/mol. The molecule has 4 heteroatoms. The van der Waals surface area contributed by atoms with Gasteiger partial charge >= 0.3 is 0 Å². The van der Waals surface area contributed by atoms with Gasteiger partial charge in [0, 0.05) is 26.1 Å². The molecule has 1 amide bonds. The second-order valence-corrected chi connectivity index (χ2v) is 6.70. The molecule has 1 aliphatic carbocycles. The zero-order chi connectivity index (χ0) is 17.2. The Kier molecular flexibility index (Phi) is 4.76. The van der Waals surface area contributed by atoms with Crippen LogP contribution < -0.4 is 4.74 Å². The maximum Gasteiger partial charge on any atom is 0.231 e. The van der Waals surface area contributed by atoms with E-state index >= 15 is 0 Å². The minimum absolute atomic E-state index is 0.190. The average molecular weight is 327 g/mol. The molecule has 0 unspecified atom stereocenters. The Hall–Kier alpha value is -2.07. The molecule has 3 rings (SSSR count). The third-order valence-electron chi connectivity index (χ3n) is 5.13. The van der Waals surface area contributed by atoms with Crippen molar-refractivity contribution in [2.24, 2.45) is 5.41 Å². The summed E-state index contributed by atoms with van der Waals surface area (Å²) in [5.74, 6) is 1.05. The highest BCUT2D eigenvalue weighted by Crippen LogP contribution is 2.43. The summed E-state index contributed by atoms with van der Waals surface area (Å²) in [5, 5.41) is 2.21.